The lowest BCUT2D eigenvalue weighted by atomic mass is 9.94. The molecular formula is C18H24F4OSi. The minimum Gasteiger partial charge on any atom is -0.403 e. The van der Waals surface area contributed by atoms with Crippen molar-refractivity contribution >= 4 is 8.32 Å². The van der Waals surface area contributed by atoms with Crippen LogP contribution in [0.3, 0.4) is 0 Å². The quantitative estimate of drug-likeness (QED) is 0.365. The lowest BCUT2D eigenvalue weighted by molar-refractivity contribution is -0.137. The molecule has 24 heavy (non-hydrogen) atoms. The molecule has 0 amide bonds. The molecule has 6 heteroatoms. The average Bonchev–Trinajstić information content (AvgIpc) is 2.41. The highest BCUT2D eigenvalue weighted by atomic mass is 28.4. The summed E-state index contributed by atoms with van der Waals surface area (Å²) in [5.74, 6) is 1.05. The van der Waals surface area contributed by atoms with Crippen molar-refractivity contribution in [2.75, 3.05) is 0 Å². The molecule has 0 N–H and O–H groups in total. The normalized spacial score (nSPS) is 15.7. The lowest BCUT2D eigenvalue weighted by Crippen LogP contribution is -2.44. The number of rotatable bonds is 4. The predicted molar refractivity (Wildman–Crippen MR) is 90.7 cm³/mol. The second-order valence-corrected chi connectivity index (χ2v) is 12.2. The number of halogens is 4. The van der Waals surface area contributed by atoms with Crippen LogP contribution in [-0.4, -0.2) is 14.4 Å². The summed E-state index contributed by atoms with van der Waals surface area (Å²) in [4.78, 5) is 0. The Morgan fingerprint density at radius 3 is 2.08 bits per heavy atom. The van der Waals surface area contributed by atoms with Gasteiger partial charge in [0.2, 0.25) is 0 Å². The molecule has 1 aromatic carbocycles. The van der Waals surface area contributed by atoms with Gasteiger partial charge in [-0.05, 0) is 35.8 Å². The van der Waals surface area contributed by atoms with Crippen molar-refractivity contribution < 1.29 is 22.0 Å². The van der Waals surface area contributed by atoms with Crippen LogP contribution in [-0.2, 0) is 10.6 Å². The highest BCUT2D eigenvalue weighted by Gasteiger charge is 2.40. The van der Waals surface area contributed by atoms with Crippen LogP contribution in [0.5, 0.6) is 0 Å². The largest absolute Gasteiger partial charge is 0.416 e. The number of hydrogen-bond donors (Lipinski definition) is 0. The molecule has 134 valence electrons. The Kier molecular flexibility index (Phi) is 5.95. The van der Waals surface area contributed by atoms with Crippen LogP contribution in [0.2, 0.25) is 18.1 Å². The Balaban J connectivity index is 3.12. The van der Waals surface area contributed by atoms with E-state index in [1.54, 1.807) is 6.92 Å². The first-order valence-corrected chi connectivity index (χ1v) is 10.6. The summed E-state index contributed by atoms with van der Waals surface area (Å²) in [6, 6.07) is 2.52. The number of benzene rings is 1. The first-order valence-electron chi connectivity index (χ1n) is 7.71. The molecule has 2 atom stereocenters. The summed E-state index contributed by atoms with van der Waals surface area (Å²) in [7, 11) is -2.19. The number of alkyl halides is 3. The fourth-order valence-electron chi connectivity index (χ4n) is 2.01. The molecule has 0 aliphatic rings. The van der Waals surface area contributed by atoms with Gasteiger partial charge in [-0.2, -0.15) is 13.2 Å². The van der Waals surface area contributed by atoms with E-state index in [9.17, 15) is 17.6 Å². The van der Waals surface area contributed by atoms with E-state index >= 15 is 0 Å². The fourth-order valence-corrected chi connectivity index (χ4v) is 3.27. The summed E-state index contributed by atoms with van der Waals surface area (Å²) in [6.45, 7) is 11.9. The van der Waals surface area contributed by atoms with E-state index in [0.29, 0.717) is 6.07 Å². The first kappa shape index (κ1) is 20.7. The summed E-state index contributed by atoms with van der Waals surface area (Å²) >= 11 is 0. The van der Waals surface area contributed by atoms with Gasteiger partial charge >= 0.3 is 6.18 Å². The Labute approximate surface area is 142 Å². The molecule has 2 unspecified atom stereocenters. The molecule has 0 saturated heterocycles. The van der Waals surface area contributed by atoms with Crippen molar-refractivity contribution in [1.82, 2.24) is 0 Å². The van der Waals surface area contributed by atoms with Crippen LogP contribution in [0.4, 0.5) is 17.6 Å². The Morgan fingerprint density at radius 2 is 1.71 bits per heavy atom. The van der Waals surface area contributed by atoms with Gasteiger partial charge in [-0.25, -0.2) is 4.39 Å². The van der Waals surface area contributed by atoms with Gasteiger partial charge in [0.1, 0.15) is 11.9 Å². The van der Waals surface area contributed by atoms with Crippen LogP contribution in [0, 0.1) is 18.2 Å². The molecule has 0 aliphatic carbocycles. The van der Waals surface area contributed by atoms with Gasteiger partial charge < -0.3 is 4.43 Å². The van der Waals surface area contributed by atoms with Crippen LogP contribution in [0.15, 0.2) is 18.2 Å². The standard InChI is InChI=1S/C18H24F4OSi/c1-8-16(23-24(6,7)17(3,4)5)12(2)14-10-9-13(11-15(14)19)18(20,21)22/h1,9-12,16H,2-7H3. The van der Waals surface area contributed by atoms with E-state index in [1.807, 2.05) is 13.1 Å². The second-order valence-electron chi connectivity index (χ2n) is 7.49. The van der Waals surface area contributed by atoms with Gasteiger partial charge in [-0.15, -0.1) is 6.42 Å². The molecular weight excluding hydrogens is 336 g/mol. The van der Waals surface area contributed by atoms with Gasteiger partial charge in [0.05, 0.1) is 5.56 Å². The van der Waals surface area contributed by atoms with Crippen molar-refractivity contribution in [3.63, 3.8) is 0 Å². The van der Waals surface area contributed by atoms with Gasteiger partial charge in [0, 0.05) is 5.92 Å². The van der Waals surface area contributed by atoms with Crippen LogP contribution >= 0.6 is 0 Å². The maximum atomic E-state index is 14.2. The summed E-state index contributed by atoms with van der Waals surface area (Å²) < 4.78 is 58.3. The minimum atomic E-state index is -4.58. The van der Waals surface area contributed by atoms with Crippen molar-refractivity contribution in [3.8, 4) is 12.3 Å². The number of hydrogen-bond acceptors (Lipinski definition) is 1. The smallest absolute Gasteiger partial charge is 0.403 e. The molecule has 0 aliphatic heterocycles. The molecule has 0 bridgehead atoms. The van der Waals surface area contributed by atoms with Gasteiger partial charge in [-0.1, -0.05) is 39.7 Å². The van der Waals surface area contributed by atoms with E-state index in [4.69, 9.17) is 10.8 Å². The average molecular weight is 360 g/mol. The molecule has 0 saturated carbocycles. The fraction of sp³-hybridized carbons (Fsp3) is 0.556. The van der Waals surface area contributed by atoms with E-state index < -0.39 is 37.9 Å². The third-order valence-electron chi connectivity index (χ3n) is 4.66. The Hall–Kier alpha value is -1.32. The highest BCUT2D eigenvalue weighted by Crippen LogP contribution is 2.39. The molecule has 1 rings (SSSR count). The molecule has 1 aromatic rings. The van der Waals surface area contributed by atoms with Gasteiger partial charge in [-0.3, -0.25) is 0 Å². The van der Waals surface area contributed by atoms with E-state index in [2.05, 4.69) is 26.7 Å². The third-order valence-corrected chi connectivity index (χ3v) is 9.12. The Bertz CT molecular complexity index is 623. The maximum Gasteiger partial charge on any atom is 0.416 e. The van der Waals surface area contributed by atoms with E-state index in [1.165, 1.54) is 0 Å². The van der Waals surface area contributed by atoms with Gasteiger partial charge in [0.25, 0.3) is 0 Å². The van der Waals surface area contributed by atoms with Crippen molar-refractivity contribution in [2.45, 2.75) is 64.0 Å². The minimum absolute atomic E-state index is 0.0828. The zero-order chi connectivity index (χ0) is 18.9. The maximum absolute atomic E-state index is 14.2. The SMILES string of the molecule is C#CC(O[Si](C)(C)C(C)(C)C)C(C)c1ccc(C(F)(F)F)cc1F. The van der Waals surface area contributed by atoms with Crippen molar-refractivity contribution in [2.24, 2.45) is 0 Å². The third kappa shape index (κ3) is 4.61. The molecule has 0 aromatic heterocycles. The first-order chi connectivity index (χ1) is 10.7. The highest BCUT2D eigenvalue weighted by molar-refractivity contribution is 6.74. The molecule has 0 spiro atoms. The zero-order valence-corrected chi connectivity index (χ0v) is 15.9. The van der Waals surface area contributed by atoms with Crippen molar-refractivity contribution in [3.05, 3.63) is 35.1 Å². The molecule has 0 heterocycles. The van der Waals surface area contributed by atoms with Crippen molar-refractivity contribution in [1.29, 1.82) is 0 Å². The Morgan fingerprint density at radius 1 is 1.17 bits per heavy atom. The predicted octanol–water partition coefficient (Wildman–Crippen LogP) is 5.97. The second kappa shape index (κ2) is 6.89. The van der Waals surface area contributed by atoms with Crippen LogP contribution < -0.4 is 0 Å². The monoisotopic (exact) mass is 360 g/mol. The van der Waals surface area contributed by atoms with E-state index in [-0.39, 0.29) is 10.6 Å². The summed E-state index contributed by atoms with van der Waals surface area (Å²) in [6.07, 6.45) is 0.281. The lowest BCUT2D eigenvalue weighted by Gasteiger charge is -2.39. The summed E-state index contributed by atoms with van der Waals surface area (Å²) in [5, 5.41) is -0.0828. The molecule has 1 nitrogen and oxygen atoms in total. The summed E-state index contributed by atoms with van der Waals surface area (Å²) in [5.41, 5.74) is -0.886. The molecule has 0 radical (unpaired) electrons. The topological polar surface area (TPSA) is 9.23 Å². The van der Waals surface area contributed by atoms with Crippen LogP contribution in [0.25, 0.3) is 0 Å². The van der Waals surface area contributed by atoms with Crippen LogP contribution in [0.1, 0.15) is 44.7 Å². The van der Waals surface area contributed by atoms with E-state index in [0.717, 1.165) is 12.1 Å². The van der Waals surface area contributed by atoms with Gasteiger partial charge in [0.15, 0.2) is 8.32 Å². The number of terminal acetylenes is 1. The zero-order valence-electron chi connectivity index (χ0n) is 14.9. The molecule has 0 fully saturated rings.